The third-order valence-electron chi connectivity index (χ3n) is 5.95. The Kier molecular flexibility index (Phi) is 6.72. The zero-order valence-electron chi connectivity index (χ0n) is 17.1. The molecule has 2 aromatic carbocycles. The zero-order valence-corrected chi connectivity index (χ0v) is 18.6. The van der Waals surface area contributed by atoms with E-state index in [1.165, 1.54) is 5.56 Å². The van der Waals surface area contributed by atoms with Crippen LogP contribution in [0, 0.1) is 5.92 Å². The van der Waals surface area contributed by atoms with E-state index < -0.39 is 0 Å². The van der Waals surface area contributed by atoms with Crippen molar-refractivity contribution in [2.45, 2.75) is 32.1 Å². The fourth-order valence-electron chi connectivity index (χ4n) is 4.32. The highest BCUT2D eigenvalue weighted by Crippen LogP contribution is 2.32. The van der Waals surface area contributed by atoms with Gasteiger partial charge in [0.25, 0.3) is 0 Å². The van der Waals surface area contributed by atoms with Crippen molar-refractivity contribution in [1.29, 1.82) is 0 Å². The number of likely N-dealkylation sites (tertiary alicyclic amines) is 1. The molecule has 0 atom stereocenters. The normalized spacial score (nSPS) is 16.8. The topological polar surface area (TPSA) is 49.9 Å². The lowest BCUT2D eigenvalue weighted by atomic mass is 9.93. The van der Waals surface area contributed by atoms with E-state index in [1.807, 2.05) is 52.3 Å². The molecule has 0 bridgehead atoms. The zero-order chi connectivity index (χ0) is 20.9. The number of benzene rings is 2. The molecular weight excluding hydrogens is 444 g/mol. The van der Waals surface area contributed by atoms with Gasteiger partial charge in [-0.1, -0.05) is 34.1 Å². The van der Waals surface area contributed by atoms with Gasteiger partial charge >= 0.3 is 0 Å². The molecule has 0 radical (unpaired) electrons. The summed E-state index contributed by atoms with van der Waals surface area (Å²) in [5.74, 6) is 1.08. The van der Waals surface area contributed by atoms with E-state index in [4.69, 9.17) is 4.74 Å². The Morgan fingerprint density at radius 1 is 1.03 bits per heavy atom. The maximum Gasteiger partial charge on any atom is 0.230 e. The van der Waals surface area contributed by atoms with Crippen LogP contribution in [0.5, 0.6) is 5.75 Å². The standard InChI is InChI=1S/C24H27BrN2O3/c25-20-8-9-22-19(17-20)5-4-13-27(22)24(29)18-10-14-26(15-11-18)23(28)12-16-30-21-6-2-1-3-7-21/h1-3,6-9,17-18H,4-5,10-16H2. The maximum atomic E-state index is 13.2. The minimum absolute atomic E-state index is 0.00999. The second kappa shape index (κ2) is 9.65. The number of ether oxygens (including phenoxy) is 1. The summed E-state index contributed by atoms with van der Waals surface area (Å²) < 4.78 is 6.69. The van der Waals surface area contributed by atoms with Crippen molar-refractivity contribution in [3.63, 3.8) is 0 Å². The van der Waals surface area contributed by atoms with Gasteiger partial charge in [-0.3, -0.25) is 9.59 Å². The van der Waals surface area contributed by atoms with Gasteiger partial charge in [0, 0.05) is 35.7 Å². The van der Waals surface area contributed by atoms with Crippen LogP contribution in [-0.4, -0.2) is 43.0 Å². The number of para-hydroxylation sites is 1. The van der Waals surface area contributed by atoms with Crippen LogP contribution in [0.3, 0.4) is 0 Å². The Balaban J connectivity index is 1.27. The molecule has 30 heavy (non-hydrogen) atoms. The van der Waals surface area contributed by atoms with E-state index in [1.54, 1.807) is 0 Å². The van der Waals surface area contributed by atoms with Gasteiger partial charge in [0.2, 0.25) is 11.8 Å². The molecule has 2 heterocycles. The third-order valence-corrected chi connectivity index (χ3v) is 6.44. The number of halogens is 1. The first-order valence-corrected chi connectivity index (χ1v) is 11.5. The number of amides is 2. The largest absolute Gasteiger partial charge is 0.493 e. The molecular formula is C24H27BrN2O3. The van der Waals surface area contributed by atoms with Crippen LogP contribution in [0.2, 0.25) is 0 Å². The predicted octanol–water partition coefficient (Wildman–Crippen LogP) is 4.44. The van der Waals surface area contributed by atoms with Crippen molar-refractivity contribution in [1.82, 2.24) is 4.90 Å². The Labute approximate surface area is 186 Å². The monoisotopic (exact) mass is 470 g/mol. The van der Waals surface area contributed by atoms with Crippen molar-refractivity contribution in [2.75, 3.05) is 31.1 Å². The number of anilines is 1. The predicted molar refractivity (Wildman–Crippen MR) is 121 cm³/mol. The van der Waals surface area contributed by atoms with Gasteiger partial charge in [-0.05, 0) is 61.6 Å². The summed E-state index contributed by atoms with van der Waals surface area (Å²) in [5, 5.41) is 0. The van der Waals surface area contributed by atoms with E-state index in [9.17, 15) is 9.59 Å². The summed E-state index contributed by atoms with van der Waals surface area (Å²) in [7, 11) is 0. The molecule has 5 nitrogen and oxygen atoms in total. The molecule has 1 saturated heterocycles. The SMILES string of the molecule is O=C(CCOc1ccccc1)N1CCC(C(=O)N2CCCc3cc(Br)ccc32)CC1. The van der Waals surface area contributed by atoms with Crippen molar-refractivity contribution >= 4 is 33.4 Å². The minimum atomic E-state index is -0.00999. The first-order chi connectivity index (χ1) is 14.6. The Morgan fingerprint density at radius 2 is 1.80 bits per heavy atom. The highest BCUT2D eigenvalue weighted by molar-refractivity contribution is 9.10. The van der Waals surface area contributed by atoms with E-state index in [0.717, 1.165) is 48.1 Å². The summed E-state index contributed by atoms with van der Waals surface area (Å²) in [4.78, 5) is 29.5. The fourth-order valence-corrected chi connectivity index (χ4v) is 4.73. The van der Waals surface area contributed by atoms with Gasteiger partial charge in [0.15, 0.2) is 0 Å². The molecule has 0 spiro atoms. The first-order valence-electron chi connectivity index (χ1n) is 10.7. The number of hydrogen-bond donors (Lipinski definition) is 0. The summed E-state index contributed by atoms with van der Waals surface area (Å²) in [5.41, 5.74) is 2.28. The lowest BCUT2D eigenvalue weighted by molar-refractivity contribution is -0.135. The van der Waals surface area contributed by atoms with E-state index in [0.29, 0.717) is 26.1 Å². The number of piperidine rings is 1. The smallest absolute Gasteiger partial charge is 0.230 e. The van der Waals surface area contributed by atoms with Crippen LogP contribution in [0.4, 0.5) is 5.69 Å². The number of rotatable bonds is 5. The average molecular weight is 471 g/mol. The van der Waals surface area contributed by atoms with Crippen molar-refractivity contribution in [2.24, 2.45) is 5.92 Å². The van der Waals surface area contributed by atoms with Gasteiger partial charge in [0.05, 0.1) is 13.0 Å². The van der Waals surface area contributed by atoms with Crippen molar-refractivity contribution in [3.05, 3.63) is 58.6 Å². The lowest BCUT2D eigenvalue weighted by Crippen LogP contribution is -2.46. The molecule has 0 aromatic heterocycles. The fraction of sp³-hybridized carbons (Fsp3) is 0.417. The highest BCUT2D eigenvalue weighted by Gasteiger charge is 2.32. The molecule has 6 heteroatoms. The summed E-state index contributed by atoms with van der Waals surface area (Å²) >= 11 is 3.53. The average Bonchev–Trinajstić information content (AvgIpc) is 2.78. The van der Waals surface area contributed by atoms with Crippen LogP contribution in [-0.2, 0) is 16.0 Å². The Morgan fingerprint density at radius 3 is 2.57 bits per heavy atom. The minimum Gasteiger partial charge on any atom is -0.493 e. The van der Waals surface area contributed by atoms with Crippen molar-refractivity contribution < 1.29 is 14.3 Å². The number of fused-ring (bicyclic) bond motifs is 1. The number of aryl methyl sites for hydroxylation is 1. The van der Waals surface area contributed by atoms with Gasteiger partial charge in [0.1, 0.15) is 5.75 Å². The van der Waals surface area contributed by atoms with Crippen molar-refractivity contribution in [3.8, 4) is 5.75 Å². The second-order valence-corrected chi connectivity index (χ2v) is 8.85. The van der Waals surface area contributed by atoms with Crippen LogP contribution in [0.25, 0.3) is 0 Å². The van der Waals surface area contributed by atoms with Gasteiger partial charge in [-0.2, -0.15) is 0 Å². The lowest BCUT2D eigenvalue weighted by Gasteiger charge is -2.36. The summed E-state index contributed by atoms with van der Waals surface area (Å²) in [6, 6.07) is 15.7. The van der Waals surface area contributed by atoms with E-state index in [-0.39, 0.29) is 17.7 Å². The molecule has 2 aliphatic heterocycles. The molecule has 158 valence electrons. The number of nitrogens with zero attached hydrogens (tertiary/aromatic N) is 2. The number of carbonyl (C=O) groups is 2. The quantitative estimate of drug-likeness (QED) is 0.648. The Hall–Kier alpha value is -2.34. The van der Waals surface area contributed by atoms with E-state index >= 15 is 0 Å². The molecule has 4 rings (SSSR count). The molecule has 2 amide bonds. The summed E-state index contributed by atoms with van der Waals surface area (Å²) in [6.45, 7) is 2.44. The van der Waals surface area contributed by atoms with Gasteiger partial charge in [-0.25, -0.2) is 0 Å². The third kappa shape index (κ3) is 4.86. The molecule has 0 aliphatic carbocycles. The van der Waals surface area contributed by atoms with Crippen LogP contribution >= 0.6 is 15.9 Å². The van der Waals surface area contributed by atoms with Crippen LogP contribution < -0.4 is 9.64 Å². The molecule has 2 aromatic rings. The van der Waals surface area contributed by atoms with Gasteiger partial charge in [-0.15, -0.1) is 0 Å². The summed E-state index contributed by atoms with van der Waals surface area (Å²) in [6.07, 6.45) is 3.82. The molecule has 0 N–H and O–H groups in total. The number of carbonyl (C=O) groups excluding carboxylic acids is 2. The number of hydrogen-bond acceptors (Lipinski definition) is 3. The first kappa shape index (κ1) is 20.9. The van der Waals surface area contributed by atoms with E-state index in [2.05, 4.69) is 22.0 Å². The molecule has 0 saturated carbocycles. The van der Waals surface area contributed by atoms with Crippen LogP contribution in [0.15, 0.2) is 53.0 Å². The molecule has 2 aliphatic rings. The maximum absolute atomic E-state index is 13.2. The molecule has 0 unspecified atom stereocenters. The van der Waals surface area contributed by atoms with Crippen LogP contribution in [0.1, 0.15) is 31.2 Å². The Bertz CT molecular complexity index is 895. The van der Waals surface area contributed by atoms with Gasteiger partial charge < -0.3 is 14.5 Å². The highest BCUT2D eigenvalue weighted by atomic mass is 79.9. The second-order valence-electron chi connectivity index (χ2n) is 7.93. The molecule has 1 fully saturated rings.